The number of nitrogens with zero attached hydrogens (tertiary/aromatic N) is 1. The zero-order valence-electron chi connectivity index (χ0n) is 11.7. The molecule has 1 aromatic heterocycles. The molecule has 2 aromatic rings. The van der Waals surface area contributed by atoms with Crippen molar-refractivity contribution >= 4 is 11.3 Å². The number of rotatable bonds is 6. The first kappa shape index (κ1) is 14.0. The molecule has 0 spiro atoms. The summed E-state index contributed by atoms with van der Waals surface area (Å²) in [6, 6.07) is 8.05. The molecule has 2 rings (SSSR count). The molecule has 0 amide bonds. The summed E-state index contributed by atoms with van der Waals surface area (Å²) in [4.78, 5) is 6.12. The molecule has 1 N–H and O–H groups in total. The Morgan fingerprint density at radius 2 is 2.11 bits per heavy atom. The molecule has 19 heavy (non-hydrogen) atoms. The number of aryl methyl sites for hydroxylation is 1. The van der Waals surface area contributed by atoms with Gasteiger partial charge < -0.3 is 10.1 Å². The van der Waals surface area contributed by atoms with Crippen molar-refractivity contribution in [3.05, 3.63) is 34.8 Å². The Kier molecular flexibility index (Phi) is 4.93. The van der Waals surface area contributed by atoms with Gasteiger partial charge in [0.15, 0.2) is 0 Å². The largest absolute Gasteiger partial charge is 0.496 e. The molecule has 0 aliphatic heterocycles. The quantitative estimate of drug-likeness (QED) is 0.877. The fourth-order valence-electron chi connectivity index (χ4n) is 2.05. The van der Waals surface area contributed by atoms with Gasteiger partial charge in [-0.05, 0) is 25.6 Å². The van der Waals surface area contributed by atoms with E-state index in [1.54, 1.807) is 18.4 Å². The third-order valence-electron chi connectivity index (χ3n) is 2.94. The Bertz CT molecular complexity index is 513. The normalized spacial score (nSPS) is 10.7. The van der Waals surface area contributed by atoms with Crippen LogP contribution in [0.15, 0.2) is 24.3 Å². The maximum Gasteiger partial charge on any atom is 0.129 e. The monoisotopic (exact) mass is 276 g/mol. The van der Waals surface area contributed by atoms with Crippen LogP contribution in [0.4, 0.5) is 0 Å². The number of ether oxygens (including phenoxy) is 1. The first-order valence-electron chi connectivity index (χ1n) is 6.56. The lowest BCUT2D eigenvalue weighted by atomic mass is 10.2. The molecule has 4 heteroatoms. The molecule has 3 nitrogen and oxygen atoms in total. The summed E-state index contributed by atoms with van der Waals surface area (Å²) in [6.07, 6.45) is 2.15. The molecule has 0 atom stereocenters. The minimum atomic E-state index is 0.877. The highest BCUT2D eigenvalue weighted by Gasteiger charge is 2.14. The van der Waals surface area contributed by atoms with E-state index in [4.69, 9.17) is 9.72 Å². The maximum absolute atomic E-state index is 5.42. The molecular formula is C15H20N2OS. The highest BCUT2D eigenvalue weighted by Crippen LogP contribution is 2.34. The van der Waals surface area contributed by atoms with E-state index in [1.807, 2.05) is 25.2 Å². The van der Waals surface area contributed by atoms with Crippen LogP contribution in [-0.2, 0) is 13.0 Å². The zero-order valence-corrected chi connectivity index (χ0v) is 12.5. The number of benzene rings is 1. The topological polar surface area (TPSA) is 34.1 Å². The zero-order chi connectivity index (χ0) is 13.7. The number of hydrogen-bond acceptors (Lipinski definition) is 4. The summed E-state index contributed by atoms with van der Waals surface area (Å²) in [5.41, 5.74) is 2.29. The van der Waals surface area contributed by atoms with E-state index in [0.717, 1.165) is 35.7 Å². The summed E-state index contributed by atoms with van der Waals surface area (Å²) in [7, 11) is 3.67. The Morgan fingerprint density at radius 1 is 1.32 bits per heavy atom. The number of aromatic nitrogens is 1. The van der Waals surface area contributed by atoms with Crippen LogP contribution in [0.25, 0.3) is 10.6 Å². The molecule has 0 aliphatic carbocycles. The smallest absolute Gasteiger partial charge is 0.129 e. The first-order chi connectivity index (χ1) is 9.30. The maximum atomic E-state index is 5.42. The van der Waals surface area contributed by atoms with Crippen LogP contribution >= 0.6 is 11.3 Å². The summed E-state index contributed by atoms with van der Waals surface area (Å²) in [6.45, 7) is 3.06. The fourth-order valence-corrected chi connectivity index (χ4v) is 3.20. The standard InChI is InChI=1S/C15H20N2OS/c1-4-7-12-14(10-16-2)19-15(17-12)11-8-5-6-9-13(11)18-3/h5-6,8-9,16H,4,7,10H2,1-3H3. The summed E-state index contributed by atoms with van der Waals surface area (Å²) < 4.78 is 5.42. The van der Waals surface area contributed by atoms with Crippen molar-refractivity contribution in [1.82, 2.24) is 10.3 Å². The van der Waals surface area contributed by atoms with Gasteiger partial charge in [-0.25, -0.2) is 4.98 Å². The van der Waals surface area contributed by atoms with E-state index in [2.05, 4.69) is 18.3 Å². The van der Waals surface area contributed by atoms with Gasteiger partial charge in [0.25, 0.3) is 0 Å². The van der Waals surface area contributed by atoms with Crippen molar-refractivity contribution < 1.29 is 4.74 Å². The van der Waals surface area contributed by atoms with Gasteiger partial charge in [-0.15, -0.1) is 11.3 Å². The van der Waals surface area contributed by atoms with E-state index in [0.29, 0.717) is 0 Å². The Hall–Kier alpha value is -1.39. The third-order valence-corrected chi connectivity index (χ3v) is 4.07. The van der Waals surface area contributed by atoms with Crippen LogP contribution in [0, 0.1) is 0 Å². The molecule has 102 valence electrons. The summed E-state index contributed by atoms with van der Waals surface area (Å²) in [5, 5.41) is 4.26. The highest BCUT2D eigenvalue weighted by molar-refractivity contribution is 7.15. The SMILES string of the molecule is CCCc1nc(-c2ccccc2OC)sc1CNC. The fraction of sp³-hybridized carbons (Fsp3) is 0.400. The van der Waals surface area contributed by atoms with E-state index >= 15 is 0 Å². The van der Waals surface area contributed by atoms with Crippen LogP contribution in [-0.4, -0.2) is 19.1 Å². The number of nitrogens with one attached hydrogen (secondary N) is 1. The Morgan fingerprint density at radius 3 is 2.79 bits per heavy atom. The van der Waals surface area contributed by atoms with Gasteiger partial charge in [0.1, 0.15) is 10.8 Å². The van der Waals surface area contributed by atoms with Crippen LogP contribution in [0.1, 0.15) is 23.9 Å². The van der Waals surface area contributed by atoms with Gasteiger partial charge >= 0.3 is 0 Å². The number of hydrogen-bond donors (Lipinski definition) is 1. The molecular weight excluding hydrogens is 256 g/mol. The summed E-state index contributed by atoms with van der Waals surface area (Å²) in [5.74, 6) is 0.885. The van der Waals surface area contributed by atoms with Gasteiger partial charge in [0.2, 0.25) is 0 Å². The van der Waals surface area contributed by atoms with Crippen LogP contribution in [0.2, 0.25) is 0 Å². The molecule has 1 heterocycles. The van der Waals surface area contributed by atoms with E-state index in [1.165, 1.54) is 10.6 Å². The van der Waals surface area contributed by atoms with Gasteiger partial charge in [-0.1, -0.05) is 25.5 Å². The Labute approximate surface area is 118 Å². The predicted octanol–water partition coefficient (Wildman–Crippen LogP) is 3.49. The van der Waals surface area contributed by atoms with E-state index in [9.17, 15) is 0 Å². The minimum Gasteiger partial charge on any atom is -0.496 e. The molecule has 0 saturated carbocycles. The van der Waals surface area contributed by atoms with Crippen molar-refractivity contribution in [2.24, 2.45) is 0 Å². The second-order valence-electron chi connectivity index (χ2n) is 4.37. The third kappa shape index (κ3) is 3.14. The lowest BCUT2D eigenvalue weighted by Gasteiger charge is -2.04. The minimum absolute atomic E-state index is 0.877. The van der Waals surface area contributed by atoms with Gasteiger partial charge in [0, 0.05) is 11.4 Å². The second kappa shape index (κ2) is 6.68. The molecule has 0 saturated heterocycles. The average molecular weight is 276 g/mol. The van der Waals surface area contributed by atoms with Gasteiger partial charge in [0.05, 0.1) is 18.4 Å². The Balaban J connectivity index is 2.41. The van der Waals surface area contributed by atoms with Crippen molar-refractivity contribution in [1.29, 1.82) is 0 Å². The lowest BCUT2D eigenvalue weighted by molar-refractivity contribution is 0.416. The van der Waals surface area contributed by atoms with Gasteiger partial charge in [-0.2, -0.15) is 0 Å². The lowest BCUT2D eigenvalue weighted by Crippen LogP contribution is -2.05. The van der Waals surface area contributed by atoms with E-state index < -0.39 is 0 Å². The number of methoxy groups -OCH3 is 1. The molecule has 0 aliphatic rings. The van der Waals surface area contributed by atoms with E-state index in [-0.39, 0.29) is 0 Å². The highest BCUT2D eigenvalue weighted by atomic mass is 32.1. The molecule has 0 unspecified atom stereocenters. The molecule has 1 aromatic carbocycles. The molecule has 0 fully saturated rings. The number of para-hydroxylation sites is 1. The van der Waals surface area contributed by atoms with Crippen LogP contribution < -0.4 is 10.1 Å². The average Bonchev–Trinajstić information content (AvgIpc) is 2.83. The van der Waals surface area contributed by atoms with Crippen LogP contribution in [0.3, 0.4) is 0 Å². The van der Waals surface area contributed by atoms with Crippen molar-refractivity contribution in [3.63, 3.8) is 0 Å². The summed E-state index contributed by atoms with van der Waals surface area (Å²) >= 11 is 1.75. The number of thiazole rings is 1. The van der Waals surface area contributed by atoms with Crippen molar-refractivity contribution in [2.75, 3.05) is 14.2 Å². The van der Waals surface area contributed by atoms with Crippen molar-refractivity contribution in [2.45, 2.75) is 26.3 Å². The molecule has 0 bridgehead atoms. The van der Waals surface area contributed by atoms with Gasteiger partial charge in [-0.3, -0.25) is 0 Å². The molecule has 0 radical (unpaired) electrons. The van der Waals surface area contributed by atoms with Crippen LogP contribution in [0.5, 0.6) is 5.75 Å². The first-order valence-corrected chi connectivity index (χ1v) is 7.38. The van der Waals surface area contributed by atoms with Crippen molar-refractivity contribution in [3.8, 4) is 16.3 Å². The second-order valence-corrected chi connectivity index (χ2v) is 5.45. The predicted molar refractivity (Wildman–Crippen MR) is 80.9 cm³/mol.